The van der Waals surface area contributed by atoms with E-state index >= 15 is 0 Å². The number of carbonyl (C=O) groups excluding carboxylic acids is 1. The standard InChI is InChI=1S/C12H22N2O2/c1-2-3-4-10-11(15)16-12(9-14-10)5-7-13-8-6-12/h10,13-14H,2-9H2,1H3. The lowest BCUT2D eigenvalue weighted by atomic mass is 9.89. The Balaban J connectivity index is 1.88. The van der Waals surface area contributed by atoms with E-state index in [-0.39, 0.29) is 17.6 Å². The number of unbranched alkanes of at least 4 members (excludes halogenated alkanes) is 1. The molecule has 1 unspecified atom stereocenters. The number of esters is 1. The average Bonchev–Trinajstić information content (AvgIpc) is 2.29. The minimum atomic E-state index is -0.217. The summed E-state index contributed by atoms with van der Waals surface area (Å²) >= 11 is 0. The summed E-state index contributed by atoms with van der Waals surface area (Å²) in [5, 5.41) is 6.66. The van der Waals surface area contributed by atoms with E-state index in [1.807, 2.05) is 0 Å². The molecular weight excluding hydrogens is 204 g/mol. The zero-order chi connectivity index (χ0) is 11.4. The van der Waals surface area contributed by atoms with Gasteiger partial charge >= 0.3 is 5.97 Å². The number of carbonyl (C=O) groups is 1. The molecule has 0 bridgehead atoms. The van der Waals surface area contributed by atoms with E-state index < -0.39 is 0 Å². The number of ether oxygens (including phenoxy) is 1. The number of hydrogen-bond donors (Lipinski definition) is 2. The van der Waals surface area contributed by atoms with Crippen LogP contribution in [-0.2, 0) is 9.53 Å². The highest BCUT2D eigenvalue weighted by atomic mass is 16.6. The first-order valence-electron chi connectivity index (χ1n) is 6.43. The van der Waals surface area contributed by atoms with Gasteiger partial charge in [0.1, 0.15) is 11.6 Å². The Kier molecular flexibility index (Phi) is 3.82. The number of morpholine rings is 1. The van der Waals surface area contributed by atoms with Crippen molar-refractivity contribution in [2.45, 2.75) is 50.7 Å². The second-order valence-electron chi connectivity index (χ2n) is 4.93. The van der Waals surface area contributed by atoms with Crippen LogP contribution in [0.1, 0.15) is 39.0 Å². The Morgan fingerprint density at radius 2 is 2.19 bits per heavy atom. The third kappa shape index (κ3) is 2.55. The van der Waals surface area contributed by atoms with Gasteiger partial charge in [-0.1, -0.05) is 19.8 Å². The quantitative estimate of drug-likeness (QED) is 0.699. The molecule has 4 nitrogen and oxygen atoms in total. The van der Waals surface area contributed by atoms with Crippen LogP contribution in [0.5, 0.6) is 0 Å². The second kappa shape index (κ2) is 5.15. The first kappa shape index (κ1) is 11.9. The molecule has 16 heavy (non-hydrogen) atoms. The van der Waals surface area contributed by atoms with Gasteiger partial charge in [-0.3, -0.25) is 4.79 Å². The van der Waals surface area contributed by atoms with Crippen LogP contribution in [0.15, 0.2) is 0 Å². The monoisotopic (exact) mass is 226 g/mol. The molecule has 2 fully saturated rings. The van der Waals surface area contributed by atoms with Crippen molar-refractivity contribution in [3.05, 3.63) is 0 Å². The zero-order valence-electron chi connectivity index (χ0n) is 10.1. The number of nitrogens with one attached hydrogen (secondary N) is 2. The Morgan fingerprint density at radius 1 is 1.44 bits per heavy atom. The lowest BCUT2D eigenvalue weighted by Crippen LogP contribution is -2.60. The van der Waals surface area contributed by atoms with Crippen LogP contribution in [0, 0.1) is 0 Å². The minimum absolute atomic E-state index is 0.0402. The average molecular weight is 226 g/mol. The molecule has 92 valence electrons. The number of hydrogen-bond acceptors (Lipinski definition) is 4. The third-order valence-electron chi connectivity index (χ3n) is 3.63. The lowest BCUT2D eigenvalue weighted by molar-refractivity contribution is -0.172. The van der Waals surface area contributed by atoms with Gasteiger partial charge in [-0.2, -0.15) is 0 Å². The molecule has 4 heteroatoms. The van der Waals surface area contributed by atoms with Crippen molar-refractivity contribution in [3.63, 3.8) is 0 Å². The van der Waals surface area contributed by atoms with Gasteiger partial charge in [-0.15, -0.1) is 0 Å². The van der Waals surface area contributed by atoms with Crippen LogP contribution in [0.2, 0.25) is 0 Å². The van der Waals surface area contributed by atoms with Crippen molar-refractivity contribution >= 4 is 5.97 Å². The van der Waals surface area contributed by atoms with Crippen molar-refractivity contribution in [1.82, 2.24) is 10.6 Å². The van der Waals surface area contributed by atoms with E-state index in [0.29, 0.717) is 0 Å². The maximum absolute atomic E-state index is 11.9. The first-order valence-corrected chi connectivity index (χ1v) is 6.43. The molecule has 2 saturated heterocycles. The zero-order valence-corrected chi connectivity index (χ0v) is 10.1. The Hall–Kier alpha value is -0.610. The molecule has 1 atom stereocenters. The highest BCUT2D eigenvalue weighted by molar-refractivity contribution is 5.77. The lowest BCUT2D eigenvalue weighted by Gasteiger charge is -2.42. The molecule has 0 saturated carbocycles. The van der Waals surface area contributed by atoms with Gasteiger partial charge in [0.25, 0.3) is 0 Å². The summed E-state index contributed by atoms with van der Waals surface area (Å²) in [6, 6.07) is -0.0690. The molecule has 0 aromatic carbocycles. The number of rotatable bonds is 3. The molecule has 2 aliphatic rings. The Bertz CT molecular complexity index is 249. The highest BCUT2D eigenvalue weighted by Crippen LogP contribution is 2.27. The summed E-state index contributed by atoms with van der Waals surface area (Å²) in [7, 11) is 0. The van der Waals surface area contributed by atoms with Crippen molar-refractivity contribution in [3.8, 4) is 0 Å². The van der Waals surface area contributed by atoms with Crippen LogP contribution < -0.4 is 10.6 Å². The molecule has 1 spiro atoms. The van der Waals surface area contributed by atoms with Gasteiger partial charge in [0.2, 0.25) is 0 Å². The van der Waals surface area contributed by atoms with E-state index in [1.165, 1.54) is 0 Å². The van der Waals surface area contributed by atoms with E-state index in [1.54, 1.807) is 0 Å². The second-order valence-corrected chi connectivity index (χ2v) is 4.93. The van der Waals surface area contributed by atoms with Gasteiger partial charge in [-0.05, 0) is 19.5 Å². The SMILES string of the molecule is CCCCC1NCC2(CCNCC2)OC1=O. The smallest absolute Gasteiger partial charge is 0.323 e. The Morgan fingerprint density at radius 3 is 2.81 bits per heavy atom. The molecule has 0 amide bonds. The predicted molar refractivity (Wildman–Crippen MR) is 62.2 cm³/mol. The van der Waals surface area contributed by atoms with Crippen LogP contribution in [-0.4, -0.2) is 37.2 Å². The third-order valence-corrected chi connectivity index (χ3v) is 3.63. The molecule has 2 aliphatic heterocycles. The van der Waals surface area contributed by atoms with Gasteiger partial charge < -0.3 is 15.4 Å². The van der Waals surface area contributed by atoms with E-state index in [0.717, 1.165) is 51.7 Å². The van der Waals surface area contributed by atoms with Crippen LogP contribution in [0.3, 0.4) is 0 Å². The van der Waals surface area contributed by atoms with Crippen LogP contribution in [0.4, 0.5) is 0 Å². The van der Waals surface area contributed by atoms with Gasteiger partial charge in [0.05, 0.1) is 0 Å². The van der Waals surface area contributed by atoms with Crippen LogP contribution >= 0.6 is 0 Å². The van der Waals surface area contributed by atoms with Crippen molar-refractivity contribution in [2.24, 2.45) is 0 Å². The summed E-state index contributed by atoms with van der Waals surface area (Å²) < 4.78 is 5.68. The highest BCUT2D eigenvalue weighted by Gasteiger charge is 2.41. The summed E-state index contributed by atoms with van der Waals surface area (Å²) in [6.45, 7) is 4.88. The normalized spacial score (nSPS) is 29.1. The van der Waals surface area contributed by atoms with E-state index in [2.05, 4.69) is 17.6 Å². The summed E-state index contributed by atoms with van der Waals surface area (Å²) in [5.74, 6) is -0.0402. The summed E-state index contributed by atoms with van der Waals surface area (Å²) in [6.07, 6.45) is 4.99. The number of piperidine rings is 1. The summed E-state index contributed by atoms with van der Waals surface area (Å²) in [5.41, 5.74) is -0.217. The Labute approximate surface area is 97.1 Å². The topological polar surface area (TPSA) is 50.4 Å². The summed E-state index contributed by atoms with van der Waals surface area (Å²) in [4.78, 5) is 11.9. The fraction of sp³-hybridized carbons (Fsp3) is 0.917. The maximum Gasteiger partial charge on any atom is 0.323 e. The maximum atomic E-state index is 11.9. The molecule has 0 aliphatic carbocycles. The fourth-order valence-corrected chi connectivity index (χ4v) is 2.50. The van der Waals surface area contributed by atoms with E-state index in [9.17, 15) is 4.79 Å². The minimum Gasteiger partial charge on any atom is -0.456 e. The molecule has 2 N–H and O–H groups in total. The largest absolute Gasteiger partial charge is 0.456 e. The molecule has 2 rings (SSSR count). The van der Waals surface area contributed by atoms with Crippen molar-refractivity contribution in [2.75, 3.05) is 19.6 Å². The molecule has 0 radical (unpaired) electrons. The molecule has 0 aromatic heterocycles. The van der Waals surface area contributed by atoms with Crippen molar-refractivity contribution in [1.29, 1.82) is 0 Å². The predicted octanol–water partition coefficient (Wildman–Crippen LogP) is 0.814. The van der Waals surface area contributed by atoms with Gasteiger partial charge in [-0.25, -0.2) is 0 Å². The van der Waals surface area contributed by atoms with Crippen molar-refractivity contribution < 1.29 is 9.53 Å². The van der Waals surface area contributed by atoms with Crippen LogP contribution in [0.25, 0.3) is 0 Å². The molecule has 2 heterocycles. The fourth-order valence-electron chi connectivity index (χ4n) is 2.50. The molecular formula is C12H22N2O2. The van der Waals surface area contributed by atoms with Gasteiger partial charge in [0.15, 0.2) is 0 Å². The molecule has 0 aromatic rings. The first-order chi connectivity index (χ1) is 7.76. The van der Waals surface area contributed by atoms with E-state index in [4.69, 9.17) is 4.74 Å². The van der Waals surface area contributed by atoms with Gasteiger partial charge in [0, 0.05) is 19.4 Å².